The Morgan fingerprint density at radius 1 is 1.16 bits per heavy atom. The number of anilines is 2. The van der Waals surface area contributed by atoms with Crippen LogP contribution in [0.25, 0.3) is 0 Å². The fraction of sp³-hybridized carbons (Fsp3) is 0.357. The summed E-state index contributed by atoms with van der Waals surface area (Å²) in [5.74, 6) is -0.0902. The van der Waals surface area contributed by atoms with E-state index in [1.54, 1.807) is 41.0 Å². The van der Waals surface area contributed by atoms with E-state index in [0.717, 1.165) is 31.9 Å². The number of nitrogens with zero attached hydrogens (tertiary/aromatic N) is 5. The molecule has 2 aliphatic rings. The number of nitrogens with one attached hydrogen (secondary N) is 1. The molecule has 0 unspecified atom stereocenters. The molecule has 2 amide bonds. The highest BCUT2D eigenvalue weighted by Gasteiger charge is 2.32. The standard InChI is InChI=1S/C26H26N6O3.C2H6/c1-35-17-20-15-30(16-20)14-18-5-7-22(8-6-18)31-9-10-32-24(26(31)34)23(13-28-32)25(33)29-21-4-2-3-19(11-21)12-27;1-2/h2-8,11,13,20H,9-10,14-17H2,1H3,(H,29,33);1-2H3. The van der Waals surface area contributed by atoms with E-state index < -0.39 is 5.91 Å². The van der Waals surface area contributed by atoms with Crippen molar-refractivity contribution in [1.29, 1.82) is 5.26 Å². The molecular formula is C28H32N6O3. The van der Waals surface area contributed by atoms with E-state index in [-0.39, 0.29) is 17.2 Å². The van der Waals surface area contributed by atoms with Gasteiger partial charge < -0.3 is 15.0 Å². The molecule has 2 aliphatic heterocycles. The number of carbonyl (C=O) groups excluding carboxylic acids is 2. The van der Waals surface area contributed by atoms with Gasteiger partial charge in [0.05, 0.1) is 36.5 Å². The van der Waals surface area contributed by atoms with Crippen molar-refractivity contribution >= 4 is 23.2 Å². The number of fused-ring (bicyclic) bond motifs is 1. The Labute approximate surface area is 217 Å². The van der Waals surface area contributed by atoms with Crippen LogP contribution in [0.1, 0.15) is 45.8 Å². The second-order valence-electron chi connectivity index (χ2n) is 8.92. The maximum absolute atomic E-state index is 13.4. The van der Waals surface area contributed by atoms with Crippen LogP contribution in [0, 0.1) is 17.2 Å². The van der Waals surface area contributed by atoms with E-state index in [1.165, 1.54) is 11.8 Å². The van der Waals surface area contributed by atoms with Crippen LogP contribution in [0.5, 0.6) is 0 Å². The molecule has 0 saturated carbocycles. The molecule has 3 heterocycles. The third-order valence-electron chi connectivity index (χ3n) is 6.41. The summed E-state index contributed by atoms with van der Waals surface area (Å²) < 4.78 is 6.79. The zero-order valence-electron chi connectivity index (χ0n) is 21.5. The fourth-order valence-corrected chi connectivity index (χ4v) is 4.67. The van der Waals surface area contributed by atoms with E-state index in [0.29, 0.717) is 30.3 Å². The lowest BCUT2D eigenvalue weighted by atomic mass is 10.0. The minimum absolute atomic E-state index is 0.210. The molecule has 1 saturated heterocycles. The van der Waals surface area contributed by atoms with Crippen LogP contribution < -0.4 is 10.2 Å². The van der Waals surface area contributed by atoms with Gasteiger partial charge in [-0.2, -0.15) is 10.4 Å². The number of hydrogen-bond donors (Lipinski definition) is 1. The first-order valence-corrected chi connectivity index (χ1v) is 12.5. The molecule has 1 fully saturated rings. The van der Waals surface area contributed by atoms with Crippen molar-refractivity contribution in [2.75, 3.05) is 43.6 Å². The highest BCUT2D eigenvalue weighted by atomic mass is 16.5. The number of methoxy groups -OCH3 is 1. The van der Waals surface area contributed by atoms with Crippen LogP contribution in [0.15, 0.2) is 54.7 Å². The maximum atomic E-state index is 13.4. The molecule has 192 valence electrons. The molecule has 3 aromatic rings. The summed E-state index contributed by atoms with van der Waals surface area (Å²) in [5.41, 5.74) is 3.38. The number of benzene rings is 2. The Bertz CT molecular complexity index is 1290. The summed E-state index contributed by atoms with van der Waals surface area (Å²) in [7, 11) is 1.74. The van der Waals surface area contributed by atoms with Gasteiger partial charge >= 0.3 is 0 Å². The molecule has 2 aromatic carbocycles. The van der Waals surface area contributed by atoms with Crippen LogP contribution in [-0.2, 0) is 17.8 Å². The smallest absolute Gasteiger partial charge is 0.277 e. The Balaban J connectivity index is 0.00000156. The van der Waals surface area contributed by atoms with Crippen molar-refractivity contribution in [2.45, 2.75) is 26.9 Å². The fourth-order valence-electron chi connectivity index (χ4n) is 4.67. The summed E-state index contributed by atoms with van der Waals surface area (Å²) in [4.78, 5) is 30.4. The minimum atomic E-state index is -0.437. The lowest BCUT2D eigenvalue weighted by Gasteiger charge is -2.39. The van der Waals surface area contributed by atoms with E-state index in [4.69, 9.17) is 10.00 Å². The van der Waals surface area contributed by atoms with Crippen LogP contribution in [-0.4, -0.2) is 59.8 Å². The van der Waals surface area contributed by atoms with E-state index in [2.05, 4.69) is 15.3 Å². The summed E-state index contributed by atoms with van der Waals surface area (Å²) >= 11 is 0. The zero-order chi connectivity index (χ0) is 26.4. The molecule has 0 aliphatic carbocycles. The van der Waals surface area contributed by atoms with Gasteiger partial charge in [-0.1, -0.05) is 32.0 Å². The molecule has 37 heavy (non-hydrogen) atoms. The number of ether oxygens (including phenoxy) is 1. The summed E-state index contributed by atoms with van der Waals surface area (Å²) in [6.07, 6.45) is 1.42. The van der Waals surface area contributed by atoms with Crippen molar-refractivity contribution in [3.63, 3.8) is 0 Å². The molecule has 1 N–H and O–H groups in total. The van der Waals surface area contributed by atoms with Gasteiger partial charge in [0.1, 0.15) is 5.69 Å². The maximum Gasteiger partial charge on any atom is 0.277 e. The quantitative estimate of drug-likeness (QED) is 0.530. The van der Waals surface area contributed by atoms with Crippen LogP contribution in [0.4, 0.5) is 11.4 Å². The van der Waals surface area contributed by atoms with Gasteiger partial charge in [-0.3, -0.25) is 19.2 Å². The predicted molar refractivity (Wildman–Crippen MR) is 141 cm³/mol. The summed E-state index contributed by atoms with van der Waals surface area (Å²) in [5, 5.41) is 16.1. The largest absolute Gasteiger partial charge is 0.384 e. The Hall–Kier alpha value is -4.00. The molecule has 0 spiro atoms. The molecule has 9 heteroatoms. The zero-order valence-corrected chi connectivity index (χ0v) is 21.5. The number of rotatable bonds is 7. The van der Waals surface area contributed by atoms with Gasteiger partial charge in [0.25, 0.3) is 11.8 Å². The molecule has 0 radical (unpaired) electrons. The molecular weight excluding hydrogens is 468 g/mol. The van der Waals surface area contributed by atoms with Gasteiger partial charge in [-0.25, -0.2) is 0 Å². The molecule has 1 aromatic heterocycles. The summed E-state index contributed by atoms with van der Waals surface area (Å²) in [6.45, 7) is 8.72. The van der Waals surface area contributed by atoms with E-state index >= 15 is 0 Å². The SMILES string of the molecule is CC.COCC1CN(Cc2ccc(N3CCn4ncc(C(=O)Nc5cccc(C#N)c5)c4C3=O)cc2)C1. The third kappa shape index (κ3) is 5.71. The molecule has 0 bridgehead atoms. The van der Waals surface area contributed by atoms with E-state index in [9.17, 15) is 9.59 Å². The number of carbonyl (C=O) groups is 2. The number of nitriles is 1. The van der Waals surface area contributed by atoms with Crippen LogP contribution in [0.2, 0.25) is 0 Å². The topological polar surface area (TPSA) is 103 Å². The first kappa shape index (κ1) is 26.1. The minimum Gasteiger partial charge on any atom is -0.384 e. The lowest BCUT2D eigenvalue weighted by Crippen LogP contribution is -2.47. The first-order chi connectivity index (χ1) is 18.1. The van der Waals surface area contributed by atoms with Crippen molar-refractivity contribution in [2.24, 2.45) is 5.92 Å². The van der Waals surface area contributed by atoms with Gasteiger partial charge in [0.2, 0.25) is 0 Å². The Morgan fingerprint density at radius 2 is 1.92 bits per heavy atom. The molecule has 0 atom stereocenters. The number of hydrogen-bond acceptors (Lipinski definition) is 6. The van der Waals surface area contributed by atoms with Crippen LogP contribution >= 0.6 is 0 Å². The predicted octanol–water partition coefficient (Wildman–Crippen LogP) is 3.77. The Morgan fingerprint density at radius 3 is 2.62 bits per heavy atom. The second kappa shape index (κ2) is 11.8. The van der Waals surface area contributed by atoms with Crippen molar-refractivity contribution < 1.29 is 14.3 Å². The normalized spacial score (nSPS) is 15.2. The molecule has 5 rings (SSSR count). The first-order valence-electron chi connectivity index (χ1n) is 12.5. The number of aromatic nitrogens is 2. The number of amides is 2. The van der Waals surface area contributed by atoms with Gasteiger partial charge in [0, 0.05) is 50.6 Å². The monoisotopic (exact) mass is 500 g/mol. The lowest BCUT2D eigenvalue weighted by molar-refractivity contribution is 0.0293. The van der Waals surface area contributed by atoms with E-state index in [1.807, 2.05) is 44.2 Å². The molecule has 9 nitrogen and oxygen atoms in total. The van der Waals surface area contributed by atoms with Gasteiger partial charge in [0.15, 0.2) is 0 Å². The second-order valence-corrected chi connectivity index (χ2v) is 8.92. The van der Waals surface area contributed by atoms with Crippen molar-refractivity contribution in [3.8, 4) is 6.07 Å². The average molecular weight is 501 g/mol. The highest BCUT2D eigenvalue weighted by molar-refractivity contribution is 6.15. The average Bonchev–Trinajstić information content (AvgIpc) is 3.35. The van der Waals surface area contributed by atoms with Crippen molar-refractivity contribution in [1.82, 2.24) is 14.7 Å². The van der Waals surface area contributed by atoms with Crippen LogP contribution in [0.3, 0.4) is 0 Å². The van der Waals surface area contributed by atoms with Gasteiger partial charge in [-0.05, 0) is 35.9 Å². The van der Waals surface area contributed by atoms with Crippen molar-refractivity contribution in [3.05, 3.63) is 77.1 Å². The number of likely N-dealkylation sites (tertiary alicyclic amines) is 1. The van der Waals surface area contributed by atoms with Gasteiger partial charge in [-0.15, -0.1) is 0 Å². The summed E-state index contributed by atoms with van der Waals surface area (Å²) in [6, 6.07) is 16.7. The third-order valence-corrected chi connectivity index (χ3v) is 6.41. The Kier molecular flexibility index (Phi) is 8.33. The highest BCUT2D eigenvalue weighted by Crippen LogP contribution is 2.25.